The van der Waals surface area contributed by atoms with Crippen molar-refractivity contribution in [2.75, 3.05) is 0 Å². The first-order chi connectivity index (χ1) is 5.24. The molecular weight excluding hydrogens is 138 g/mol. The Hall–Kier alpha value is -0.590. The van der Waals surface area contributed by atoms with Crippen molar-refractivity contribution in [1.82, 2.24) is 10.9 Å². The lowest BCUT2D eigenvalue weighted by Crippen LogP contribution is -2.52. The fraction of sp³-hybridized carbons (Fsp3) is 0.875. The van der Waals surface area contributed by atoms with Gasteiger partial charge in [-0.1, -0.05) is 13.8 Å². The predicted molar refractivity (Wildman–Crippen MR) is 43.5 cm³/mol. The van der Waals surface area contributed by atoms with Crippen molar-refractivity contribution in [2.45, 2.75) is 38.8 Å². The Kier molecular flexibility index (Phi) is 2.86. The molecule has 0 bridgehead atoms. The third kappa shape index (κ3) is 2.18. The maximum Gasteiger partial charge on any atom is 0.108 e. The van der Waals surface area contributed by atoms with Crippen LogP contribution in [0.15, 0.2) is 0 Å². The van der Waals surface area contributed by atoms with Gasteiger partial charge in [0, 0.05) is 6.04 Å². The molecule has 2 atom stereocenters. The smallest absolute Gasteiger partial charge is 0.108 e. The van der Waals surface area contributed by atoms with Crippen LogP contribution in [0.5, 0.6) is 0 Å². The molecule has 1 fully saturated rings. The van der Waals surface area contributed by atoms with Crippen LogP contribution in [0.2, 0.25) is 0 Å². The van der Waals surface area contributed by atoms with Gasteiger partial charge in [0.05, 0.1) is 6.07 Å². The molecule has 1 rings (SSSR count). The molecule has 1 aliphatic heterocycles. The summed E-state index contributed by atoms with van der Waals surface area (Å²) in [5.74, 6) is 0.641. The van der Waals surface area contributed by atoms with E-state index in [1.54, 1.807) is 0 Å². The highest BCUT2D eigenvalue weighted by Gasteiger charge is 2.21. The third-order valence-electron chi connectivity index (χ3n) is 2.17. The summed E-state index contributed by atoms with van der Waals surface area (Å²) in [4.78, 5) is 0. The maximum atomic E-state index is 8.56. The van der Waals surface area contributed by atoms with Crippen LogP contribution in [0.4, 0.5) is 0 Å². The van der Waals surface area contributed by atoms with Crippen LogP contribution in [0, 0.1) is 17.2 Å². The van der Waals surface area contributed by atoms with Crippen LogP contribution in [0.3, 0.4) is 0 Å². The normalized spacial score (nSPS) is 31.8. The average molecular weight is 153 g/mol. The standard InChI is InChI=1S/C8H15N3/c1-6(2)8-4-3-7(5-9)10-11-8/h6-8,10-11H,3-4H2,1-2H3. The molecule has 3 nitrogen and oxygen atoms in total. The third-order valence-corrected chi connectivity index (χ3v) is 2.17. The highest BCUT2D eigenvalue weighted by molar-refractivity contribution is 4.93. The van der Waals surface area contributed by atoms with Crippen molar-refractivity contribution < 1.29 is 0 Å². The second-order valence-corrected chi connectivity index (χ2v) is 3.40. The van der Waals surface area contributed by atoms with Crippen LogP contribution < -0.4 is 10.9 Å². The summed E-state index contributed by atoms with van der Waals surface area (Å²) in [6.07, 6.45) is 2.06. The van der Waals surface area contributed by atoms with E-state index in [2.05, 4.69) is 30.8 Å². The number of nitrogens with one attached hydrogen (secondary N) is 2. The average Bonchev–Trinajstić information content (AvgIpc) is 2.05. The zero-order chi connectivity index (χ0) is 8.27. The molecule has 11 heavy (non-hydrogen) atoms. The van der Waals surface area contributed by atoms with Crippen molar-refractivity contribution in [3.63, 3.8) is 0 Å². The largest absolute Gasteiger partial charge is 0.253 e. The van der Waals surface area contributed by atoms with Gasteiger partial charge in [0.1, 0.15) is 6.04 Å². The van der Waals surface area contributed by atoms with Gasteiger partial charge in [-0.15, -0.1) is 0 Å². The molecule has 0 aromatic rings. The summed E-state index contributed by atoms with van der Waals surface area (Å²) >= 11 is 0. The maximum absolute atomic E-state index is 8.56. The fourth-order valence-electron chi connectivity index (χ4n) is 1.30. The molecule has 1 saturated heterocycles. The van der Waals surface area contributed by atoms with E-state index in [1.165, 1.54) is 0 Å². The van der Waals surface area contributed by atoms with Crippen molar-refractivity contribution in [3.8, 4) is 6.07 Å². The van der Waals surface area contributed by atoms with Crippen molar-refractivity contribution >= 4 is 0 Å². The second kappa shape index (κ2) is 3.70. The number of hydrazine groups is 1. The van der Waals surface area contributed by atoms with Gasteiger partial charge in [0.15, 0.2) is 0 Å². The molecule has 0 spiro atoms. The van der Waals surface area contributed by atoms with Crippen LogP contribution >= 0.6 is 0 Å². The van der Waals surface area contributed by atoms with E-state index in [-0.39, 0.29) is 6.04 Å². The van der Waals surface area contributed by atoms with E-state index in [0.29, 0.717) is 12.0 Å². The van der Waals surface area contributed by atoms with Crippen molar-refractivity contribution in [2.24, 2.45) is 5.92 Å². The van der Waals surface area contributed by atoms with Gasteiger partial charge in [-0.2, -0.15) is 5.26 Å². The summed E-state index contributed by atoms with van der Waals surface area (Å²) in [5.41, 5.74) is 6.14. The van der Waals surface area contributed by atoms with E-state index >= 15 is 0 Å². The van der Waals surface area contributed by atoms with Gasteiger partial charge in [0.2, 0.25) is 0 Å². The van der Waals surface area contributed by atoms with E-state index in [1.807, 2.05) is 0 Å². The second-order valence-electron chi connectivity index (χ2n) is 3.40. The summed E-state index contributed by atoms with van der Waals surface area (Å²) in [5, 5.41) is 8.56. The molecule has 2 unspecified atom stereocenters. The SMILES string of the molecule is CC(C)C1CCC(C#N)NN1. The zero-order valence-electron chi connectivity index (χ0n) is 7.09. The van der Waals surface area contributed by atoms with Gasteiger partial charge >= 0.3 is 0 Å². The molecule has 3 heteroatoms. The van der Waals surface area contributed by atoms with Gasteiger partial charge in [-0.25, -0.2) is 5.43 Å². The Morgan fingerprint density at radius 2 is 2.09 bits per heavy atom. The van der Waals surface area contributed by atoms with E-state index in [0.717, 1.165) is 12.8 Å². The number of hydrogen-bond acceptors (Lipinski definition) is 3. The van der Waals surface area contributed by atoms with Gasteiger partial charge in [-0.05, 0) is 18.8 Å². The number of nitrogens with zero attached hydrogens (tertiary/aromatic N) is 1. The van der Waals surface area contributed by atoms with Crippen LogP contribution in [-0.2, 0) is 0 Å². The highest BCUT2D eigenvalue weighted by atomic mass is 15.4. The van der Waals surface area contributed by atoms with Gasteiger partial charge < -0.3 is 0 Å². The minimum Gasteiger partial charge on any atom is -0.253 e. The Bertz CT molecular complexity index is 151. The molecule has 62 valence electrons. The van der Waals surface area contributed by atoms with E-state index in [9.17, 15) is 0 Å². The van der Waals surface area contributed by atoms with Gasteiger partial charge in [0.25, 0.3) is 0 Å². The molecule has 2 N–H and O–H groups in total. The molecule has 0 aliphatic carbocycles. The molecule has 0 aromatic heterocycles. The topological polar surface area (TPSA) is 47.9 Å². The summed E-state index contributed by atoms with van der Waals surface area (Å²) in [7, 11) is 0. The molecule has 0 aromatic carbocycles. The molecule has 0 amide bonds. The Morgan fingerprint density at radius 3 is 2.45 bits per heavy atom. The fourth-order valence-corrected chi connectivity index (χ4v) is 1.30. The quantitative estimate of drug-likeness (QED) is 0.585. The first-order valence-corrected chi connectivity index (χ1v) is 4.14. The van der Waals surface area contributed by atoms with E-state index in [4.69, 9.17) is 5.26 Å². The van der Waals surface area contributed by atoms with Crippen molar-refractivity contribution in [1.29, 1.82) is 5.26 Å². The summed E-state index contributed by atoms with van der Waals surface area (Å²) < 4.78 is 0. The zero-order valence-corrected chi connectivity index (χ0v) is 7.09. The van der Waals surface area contributed by atoms with Gasteiger partial charge in [-0.3, -0.25) is 5.43 Å². The number of hydrogen-bond donors (Lipinski definition) is 2. The van der Waals surface area contributed by atoms with Crippen LogP contribution in [0.25, 0.3) is 0 Å². The van der Waals surface area contributed by atoms with E-state index < -0.39 is 0 Å². The lowest BCUT2D eigenvalue weighted by Gasteiger charge is -2.29. The molecule has 1 aliphatic rings. The first-order valence-electron chi connectivity index (χ1n) is 4.14. The van der Waals surface area contributed by atoms with Crippen LogP contribution in [-0.4, -0.2) is 12.1 Å². The summed E-state index contributed by atoms with van der Waals surface area (Å²) in [6.45, 7) is 4.37. The lowest BCUT2D eigenvalue weighted by atomic mass is 9.96. The monoisotopic (exact) mass is 153 g/mol. The Balaban J connectivity index is 2.31. The summed E-state index contributed by atoms with van der Waals surface area (Å²) in [6, 6.07) is 2.72. The minimum absolute atomic E-state index is 0.00463. The first kappa shape index (κ1) is 8.51. The Morgan fingerprint density at radius 1 is 1.36 bits per heavy atom. The van der Waals surface area contributed by atoms with Crippen LogP contribution in [0.1, 0.15) is 26.7 Å². The molecule has 1 heterocycles. The molecule has 0 radical (unpaired) electrons. The molecular formula is C8H15N3. The minimum atomic E-state index is 0.00463. The number of rotatable bonds is 1. The molecule has 0 saturated carbocycles. The van der Waals surface area contributed by atoms with Crippen molar-refractivity contribution in [3.05, 3.63) is 0 Å². The predicted octanol–water partition coefficient (Wildman–Crippen LogP) is 0.791. The Labute approximate surface area is 67.8 Å². The lowest BCUT2D eigenvalue weighted by molar-refractivity contribution is 0.258. The highest BCUT2D eigenvalue weighted by Crippen LogP contribution is 2.12. The number of nitriles is 1.